The normalized spacial score (nSPS) is 16.1. The highest BCUT2D eigenvalue weighted by Crippen LogP contribution is 2.28. The van der Waals surface area contributed by atoms with Crippen LogP contribution in [0.25, 0.3) is 10.9 Å². The number of aliphatic hydroxyl groups excluding tert-OH is 1. The van der Waals surface area contributed by atoms with Gasteiger partial charge in [0, 0.05) is 18.0 Å². The van der Waals surface area contributed by atoms with Crippen LogP contribution in [0, 0.1) is 0 Å². The minimum Gasteiger partial charge on any atom is -0.395 e. The van der Waals surface area contributed by atoms with Crippen molar-refractivity contribution in [2.24, 2.45) is 0 Å². The molecule has 3 nitrogen and oxygen atoms in total. The third-order valence-electron chi connectivity index (χ3n) is 3.98. The zero-order valence-corrected chi connectivity index (χ0v) is 11.1. The Bertz CT molecular complexity index is 549. The van der Waals surface area contributed by atoms with Crippen LogP contribution in [0.4, 0.5) is 5.82 Å². The van der Waals surface area contributed by atoms with Crippen molar-refractivity contribution in [3.8, 4) is 0 Å². The van der Waals surface area contributed by atoms with Gasteiger partial charge in [-0.15, -0.1) is 0 Å². The fourth-order valence-corrected chi connectivity index (χ4v) is 3.02. The predicted molar refractivity (Wildman–Crippen MR) is 78.4 cm³/mol. The van der Waals surface area contributed by atoms with Crippen LogP contribution < -0.4 is 4.90 Å². The Kier molecular flexibility index (Phi) is 3.65. The second-order valence-electron chi connectivity index (χ2n) is 5.22. The van der Waals surface area contributed by atoms with Gasteiger partial charge >= 0.3 is 0 Å². The number of pyridine rings is 1. The second-order valence-corrected chi connectivity index (χ2v) is 5.22. The van der Waals surface area contributed by atoms with Crippen molar-refractivity contribution in [1.29, 1.82) is 0 Å². The lowest BCUT2D eigenvalue weighted by atomic mass is 10.2. The Labute approximate surface area is 113 Å². The maximum atomic E-state index is 9.30. The van der Waals surface area contributed by atoms with Crippen LogP contribution in [0.1, 0.15) is 25.7 Å². The fourth-order valence-electron chi connectivity index (χ4n) is 3.02. The molecule has 1 aliphatic rings. The Morgan fingerprint density at radius 3 is 2.68 bits per heavy atom. The molecule has 0 aliphatic heterocycles. The minimum atomic E-state index is 0.186. The molecular weight excluding hydrogens is 236 g/mol. The van der Waals surface area contributed by atoms with E-state index in [2.05, 4.69) is 23.1 Å². The predicted octanol–water partition coefficient (Wildman–Crippen LogP) is 2.98. The average molecular weight is 256 g/mol. The molecule has 100 valence electrons. The first-order valence-electron chi connectivity index (χ1n) is 7.12. The standard InChI is InChI=1S/C16H20N2O/c19-12-11-18(14-6-2-3-7-14)16-10-9-13-5-1-4-8-15(13)17-16/h1,4-5,8-10,14,19H,2-3,6-7,11-12H2. The van der Waals surface area contributed by atoms with Gasteiger partial charge in [-0.1, -0.05) is 31.0 Å². The summed E-state index contributed by atoms with van der Waals surface area (Å²) in [6.45, 7) is 0.862. The number of aliphatic hydroxyl groups is 1. The van der Waals surface area contributed by atoms with E-state index in [4.69, 9.17) is 4.98 Å². The minimum absolute atomic E-state index is 0.186. The smallest absolute Gasteiger partial charge is 0.129 e. The van der Waals surface area contributed by atoms with E-state index in [0.29, 0.717) is 12.6 Å². The summed E-state index contributed by atoms with van der Waals surface area (Å²) in [6.07, 6.45) is 5.02. The van der Waals surface area contributed by atoms with Crippen LogP contribution in [0.3, 0.4) is 0 Å². The quantitative estimate of drug-likeness (QED) is 0.913. The molecule has 3 heteroatoms. The molecule has 0 unspecified atom stereocenters. The van der Waals surface area contributed by atoms with E-state index in [0.717, 1.165) is 11.3 Å². The Balaban J connectivity index is 1.94. The lowest BCUT2D eigenvalue weighted by molar-refractivity contribution is 0.297. The molecule has 0 radical (unpaired) electrons. The van der Waals surface area contributed by atoms with E-state index in [1.807, 2.05) is 18.2 Å². The van der Waals surface area contributed by atoms with E-state index in [9.17, 15) is 5.11 Å². The lowest BCUT2D eigenvalue weighted by Gasteiger charge is -2.29. The summed E-state index contributed by atoms with van der Waals surface area (Å²) in [5, 5.41) is 10.5. The van der Waals surface area contributed by atoms with Crippen LogP contribution in [-0.4, -0.2) is 29.3 Å². The van der Waals surface area contributed by atoms with Gasteiger partial charge in [0.2, 0.25) is 0 Å². The van der Waals surface area contributed by atoms with Gasteiger partial charge in [0.15, 0.2) is 0 Å². The van der Waals surface area contributed by atoms with Gasteiger partial charge in [0.05, 0.1) is 12.1 Å². The van der Waals surface area contributed by atoms with Gasteiger partial charge in [-0.3, -0.25) is 0 Å². The Morgan fingerprint density at radius 1 is 1.11 bits per heavy atom. The second kappa shape index (κ2) is 5.57. The molecule has 1 aromatic carbocycles. The molecule has 0 saturated heterocycles. The molecular formula is C16H20N2O. The highest BCUT2D eigenvalue weighted by Gasteiger charge is 2.23. The van der Waals surface area contributed by atoms with Crippen LogP contribution in [0.15, 0.2) is 36.4 Å². The number of benzene rings is 1. The molecule has 1 fully saturated rings. The molecule has 1 aromatic heterocycles. The molecule has 1 N–H and O–H groups in total. The number of nitrogens with zero attached hydrogens (tertiary/aromatic N) is 2. The number of aromatic nitrogens is 1. The van der Waals surface area contributed by atoms with Gasteiger partial charge in [0.25, 0.3) is 0 Å². The zero-order valence-electron chi connectivity index (χ0n) is 11.1. The van der Waals surface area contributed by atoms with Gasteiger partial charge in [-0.2, -0.15) is 0 Å². The molecule has 0 amide bonds. The van der Waals surface area contributed by atoms with Crippen LogP contribution in [0.2, 0.25) is 0 Å². The van der Waals surface area contributed by atoms with Crippen molar-refractivity contribution in [3.63, 3.8) is 0 Å². The summed E-state index contributed by atoms with van der Waals surface area (Å²) in [7, 11) is 0. The Morgan fingerprint density at radius 2 is 1.89 bits per heavy atom. The zero-order chi connectivity index (χ0) is 13.1. The molecule has 19 heavy (non-hydrogen) atoms. The van der Waals surface area contributed by atoms with Crippen molar-refractivity contribution < 1.29 is 5.11 Å². The number of hydrogen-bond donors (Lipinski definition) is 1. The summed E-state index contributed by atoms with van der Waals surface area (Å²) in [6, 6.07) is 12.9. The molecule has 0 atom stereocenters. The van der Waals surface area contributed by atoms with Crippen LogP contribution in [-0.2, 0) is 0 Å². The summed E-state index contributed by atoms with van der Waals surface area (Å²) >= 11 is 0. The highest BCUT2D eigenvalue weighted by atomic mass is 16.3. The first-order chi connectivity index (χ1) is 9.38. The number of para-hydroxylation sites is 1. The third kappa shape index (κ3) is 2.56. The molecule has 2 aromatic rings. The molecule has 3 rings (SSSR count). The van der Waals surface area contributed by atoms with E-state index in [1.54, 1.807) is 0 Å². The Hall–Kier alpha value is -1.61. The van der Waals surface area contributed by atoms with E-state index in [1.165, 1.54) is 31.1 Å². The largest absolute Gasteiger partial charge is 0.395 e. The topological polar surface area (TPSA) is 36.4 Å². The maximum absolute atomic E-state index is 9.30. The molecule has 0 bridgehead atoms. The number of anilines is 1. The average Bonchev–Trinajstić information content (AvgIpc) is 2.98. The first-order valence-corrected chi connectivity index (χ1v) is 7.12. The summed E-state index contributed by atoms with van der Waals surface area (Å²) < 4.78 is 0. The van der Waals surface area contributed by atoms with Crippen LogP contribution >= 0.6 is 0 Å². The highest BCUT2D eigenvalue weighted by molar-refractivity contribution is 5.80. The monoisotopic (exact) mass is 256 g/mol. The molecule has 1 aliphatic carbocycles. The van der Waals surface area contributed by atoms with E-state index in [-0.39, 0.29) is 6.61 Å². The van der Waals surface area contributed by atoms with Crippen molar-refractivity contribution in [2.75, 3.05) is 18.1 Å². The molecule has 0 spiro atoms. The number of hydrogen-bond acceptors (Lipinski definition) is 3. The van der Waals surface area contributed by atoms with Crippen molar-refractivity contribution in [1.82, 2.24) is 4.98 Å². The van der Waals surface area contributed by atoms with Crippen molar-refractivity contribution in [3.05, 3.63) is 36.4 Å². The molecule has 1 heterocycles. The van der Waals surface area contributed by atoms with Crippen molar-refractivity contribution in [2.45, 2.75) is 31.7 Å². The molecule has 1 saturated carbocycles. The summed E-state index contributed by atoms with van der Waals surface area (Å²) in [5.41, 5.74) is 1.03. The maximum Gasteiger partial charge on any atom is 0.129 e. The van der Waals surface area contributed by atoms with Crippen molar-refractivity contribution >= 4 is 16.7 Å². The van der Waals surface area contributed by atoms with E-state index >= 15 is 0 Å². The fraction of sp³-hybridized carbons (Fsp3) is 0.438. The number of rotatable bonds is 4. The van der Waals surface area contributed by atoms with Gasteiger partial charge in [-0.25, -0.2) is 4.98 Å². The SMILES string of the molecule is OCCN(c1ccc2ccccc2n1)C1CCCC1. The lowest BCUT2D eigenvalue weighted by Crippen LogP contribution is -2.36. The number of fused-ring (bicyclic) bond motifs is 1. The van der Waals surface area contributed by atoms with Gasteiger partial charge in [0.1, 0.15) is 5.82 Å². The van der Waals surface area contributed by atoms with Gasteiger partial charge < -0.3 is 10.0 Å². The van der Waals surface area contributed by atoms with Gasteiger partial charge in [-0.05, 0) is 31.0 Å². The van der Waals surface area contributed by atoms with E-state index < -0.39 is 0 Å². The third-order valence-corrected chi connectivity index (χ3v) is 3.98. The van der Waals surface area contributed by atoms with Crippen LogP contribution in [0.5, 0.6) is 0 Å². The first kappa shape index (κ1) is 12.4. The summed E-state index contributed by atoms with van der Waals surface area (Å²) in [4.78, 5) is 7.03. The summed E-state index contributed by atoms with van der Waals surface area (Å²) in [5.74, 6) is 1.000.